The van der Waals surface area contributed by atoms with E-state index >= 15 is 0 Å². The third-order valence-electron chi connectivity index (χ3n) is 3.27. The molecule has 9 nitrogen and oxygen atoms in total. The second kappa shape index (κ2) is 4.47. The molecule has 0 radical (unpaired) electrons. The molecule has 1 aliphatic heterocycles. The fraction of sp³-hybridized carbons (Fsp3) is 0.167. The zero-order chi connectivity index (χ0) is 15.1. The quantitative estimate of drug-likeness (QED) is 0.460. The summed E-state index contributed by atoms with van der Waals surface area (Å²) in [5.74, 6) is -0.980. The molecule has 0 saturated carbocycles. The smallest absolute Gasteiger partial charge is 0.299 e. The van der Waals surface area contributed by atoms with Crippen molar-refractivity contribution in [1.29, 1.82) is 0 Å². The highest BCUT2D eigenvalue weighted by Crippen LogP contribution is 2.32. The zero-order valence-corrected chi connectivity index (χ0v) is 10.9. The monoisotopic (exact) mass is 287 g/mol. The molecule has 0 atom stereocenters. The van der Waals surface area contributed by atoms with Crippen LogP contribution in [0.4, 0.5) is 11.4 Å². The van der Waals surface area contributed by atoms with E-state index in [0.717, 1.165) is 6.07 Å². The Kier molecular flexibility index (Phi) is 2.75. The van der Waals surface area contributed by atoms with Gasteiger partial charge in [-0.1, -0.05) is 0 Å². The Hall–Kier alpha value is -3.10. The van der Waals surface area contributed by atoms with Gasteiger partial charge in [0.1, 0.15) is 6.33 Å². The van der Waals surface area contributed by atoms with E-state index < -0.39 is 16.6 Å². The zero-order valence-electron chi connectivity index (χ0n) is 10.9. The largest absolute Gasteiger partial charge is 0.319 e. The Morgan fingerprint density at radius 1 is 1.33 bits per heavy atom. The molecule has 0 aliphatic carbocycles. The molecule has 0 bridgehead atoms. The van der Waals surface area contributed by atoms with E-state index in [1.807, 2.05) is 0 Å². The van der Waals surface area contributed by atoms with Gasteiger partial charge in [0.05, 0.1) is 22.7 Å². The van der Waals surface area contributed by atoms with Crippen molar-refractivity contribution in [2.24, 2.45) is 7.05 Å². The number of benzene rings is 1. The highest BCUT2D eigenvalue weighted by Gasteiger charge is 2.37. The Morgan fingerprint density at radius 2 is 2.10 bits per heavy atom. The van der Waals surface area contributed by atoms with Crippen molar-refractivity contribution < 1.29 is 14.5 Å². The van der Waals surface area contributed by atoms with E-state index in [-0.39, 0.29) is 17.8 Å². The third kappa shape index (κ3) is 1.95. The average Bonchev–Trinajstić information content (AvgIpc) is 2.96. The Morgan fingerprint density at radius 3 is 2.71 bits per heavy atom. The molecule has 9 heteroatoms. The average molecular weight is 287 g/mol. The van der Waals surface area contributed by atoms with Gasteiger partial charge < -0.3 is 4.57 Å². The minimum Gasteiger partial charge on any atom is -0.319 e. The molecule has 1 aromatic heterocycles. The normalized spacial score (nSPS) is 13.7. The van der Waals surface area contributed by atoms with E-state index in [1.54, 1.807) is 11.6 Å². The number of aryl methyl sites for hydroxylation is 1. The number of hydrogen-bond acceptors (Lipinski definition) is 6. The van der Waals surface area contributed by atoms with Crippen LogP contribution in [-0.2, 0) is 18.4 Å². The maximum Gasteiger partial charge on any atom is 0.299 e. The highest BCUT2D eigenvalue weighted by atomic mass is 16.6. The molecule has 0 unspecified atom stereocenters. The summed E-state index contributed by atoms with van der Waals surface area (Å²) in [5.41, 5.74) is 0.158. The van der Waals surface area contributed by atoms with Gasteiger partial charge in [-0.2, -0.15) is 0 Å². The fourth-order valence-corrected chi connectivity index (χ4v) is 2.15. The predicted octanol–water partition coefficient (Wildman–Crippen LogP) is 0.453. The first-order chi connectivity index (χ1) is 9.99. The number of carbonyl (C=O) groups is 2. The van der Waals surface area contributed by atoms with Gasteiger partial charge in [-0.3, -0.25) is 24.6 Å². The number of rotatable bonds is 3. The summed E-state index contributed by atoms with van der Waals surface area (Å²) in [7, 11) is 1.72. The van der Waals surface area contributed by atoms with Crippen molar-refractivity contribution in [3.63, 3.8) is 0 Å². The van der Waals surface area contributed by atoms with Gasteiger partial charge >= 0.3 is 0 Å². The number of Topliss-reactive ketones (excluding diaryl/α,β-unsaturated/α-hetero) is 1. The van der Waals surface area contributed by atoms with Gasteiger partial charge in [0, 0.05) is 19.2 Å². The fourth-order valence-electron chi connectivity index (χ4n) is 2.15. The lowest BCUT2D eigenvalue weighted by atomic mass is 10.1. The van der Waals surface area contributed by atoms with Crippen molar-refractivity contribution in [2.45, 2.75) is 6.54 Å². The van der Waals surface area contributed by atoms with Gasteiger partial charge in [0.2, 0.25) is 0 Å². The maximum atomic E-state index is 12.0. The number of amides is 1. The van der Waals surface area contributed by atoms with Gasteiger partial charge in [0.15, 0.2) is 5.82 Å². The van der Waals surface area contributed by atoms with E-state index in [0.29, 0.717) is 11.5 Å². The van der Waals surface area contributed by atoms with Crippen LogP contribution in [0.25, 0.3) is 0 Å². The van der Waals surface area contributed by atoms with Crippen LogP contribution in [0.2, 0.25) is 0 Å². The molecule has 0 N–H and O–H groups in total. The summed E-state index contributed by atoms with van der Waals surface area (Å²) in [6, 6.07) is 3.77. The van der Waals surface area contributed by atoms with Crippen LogP contribution in [0.15, 0.2) is 24.5 Å². The lowest BCUT2D eigenvalue weighted by Crippen LogP contribution is -2.30. The second-order valence-corrected chi connectivity index (χ2v) is 4.54. The van der Waals surface area contributed by atoms with Gasteiger partial charge in [0.25, 0.3) is 17.4 Å². The molecule has 0 fully saturated rings. The van der Waals surface area contributed by atoms with E-state index in [1.165, 1.54) is 23.4 Å². The summed E-state index contributed by atoms with van der Waals surface area (Å²) in [6.07, 6.45) is 1.48. The molecule has 0 saturated heterocycles. The van der Waals surface area contributed by atoms with E-state index in [4.69, 9.17) is 0 Å². The van der Waals surface area contributed by atoms with Crippen molar-refractivity contribution >= 4 is 23.1 Å². The minimum atomic E-state index is -0.754. The summed E-state index contributed by atoms with van der Waals surface area (Å²) in [5, 5.41) is 18.3. The molecule has 1 aromatic carbocycles. The van der Waals surface area contributed by atoms with Crippen molar-refractivity contribution in [1.82, 2.24) is 14.8 Å². The topological polar surface area (TPSA) is 111 Å². The Labute approximate surface area is 118 Å². The summed E-state index contributed by atoms with van der Waals surface area (Å²) < 4.78 is 1.63. The molecule has 1 aliphatic rings. The summed E-state index contributed by atoms with van der Waals surface area (Å²) >= 11 is 0. The van der Waals surface area contributed by atoms with Gasteiger partial charge in [-0.15, -0.1) is 10.2 Å². The highest BCUT2D eigenvalue weighted by molar-refractivity contribution is 6.52. The number of nitro groups is 1. The molecular formula is C12H9N5O4. The lowest BCUT2D eigenvalue weighted by molar-refractivity contribution is -0.384. The minimum absolute atomic E-state index is 0.0383. The molecule has 1 amide bonds. The number of carbonyl (C=O) groups excluding carboxylic acids is 2. The number of non-ortho nitro benzene ring substituents is 1. The van der Waals surface area contributed by atoms with Crippen LogP contribution in [0.3, 0.4) is 0 Å². The molecule has 2 heterocycles. The van der Waals surface area contributed by atoms with Crippen LogP contribution >= 0.6 is 0 Å². The first-order valence-electron chi connectivity index (χ1n) is 5.96. The van der Waals surface area contributed by atoms with Crippen molar-refractivity contribution in [2.75, 3.05) is 4.90 Å². The Balaban J connectivity index is 2.02. The first kappa shape index (κ1) is 12.9. The third-order valence-corrected chi connectivity index (χ3v) is 3.27. The lowest BCUT2D eigenvalue weighted by Gasteiger charge is -2.15. The van der Waals surface area contributed by atoms with Crippen molar-refractivity contribution in [3.8, 4) is 0 Å². The first-order valence-corrected chi connectivity index (χ1v) is 5.96. The van der Waals surface area contributed by atoms with E-state index in [9.17, 15) is 19.7 Å². The number of anilines is 1. The van der Waals surface area contributed by atoms with Gasteiger partial charge in [-0.25, -0.2) is 0 Å². The summed E-state index contributed by atoms with van der Waals surface area (Å²) in [4.78, 5) is 35.3. The van der Waals surface area contributed by atoms with Crippen molar-refractivity contribution in [3.05, 3.63) is 46.0 Å². The van der Waals surface area contributed by atoms with Crippen LogP contribution in [0.1, 0.15) is 16.2 Å². The van der Waals surface area contributed by atoms with Crippen LogP contribution in [-0.4, -0.2) is 31.4 Å². The van der Waals surface area contributed by atoms with Crippen LogP contribution < -0.4 is 4.90 Å². The van der Waals surface area contributed by atoms with Gasteiger partial charge in [-0.05, 0) is 6.07 Å². The molecule has 2 aromatic rings. The summed E-state index contributed by atoms with van der Waals surface area (Å²) in [6.45, 7) is 0.0753. The molecule has 21 heavy (non-hydrogen) atoms. The maximum absolute atomic E-state index is 12.0. The SMILES string of the molecule is Cn1cnnc1CN1C(=O)C(=O)c2cc([N+](=O)[O-])ccc21. The number of ketones is 1. The van der Waals surface area contributed by atoms with Crippen LogP contribution in [0, 0.1) is 10.1 Å². The number of nitro benzene ring substituents is 1. The molecule has 3 rings (SSSR count). The number of nitrogens with zero attached hydrogens (tertiary/aromatic N) is 5. The number of hydrogen-bond donors (Lipinski definition) is 0. The van der Waals surface area contributed by atoms with Crippen LogP contribution in [0.5, 0.6) is 0 Å². The Bertz CT molecular complexity index is 782. The molecule has 106 valence electrons. The van der Waals surface area contributed by atoms with E-state index in [2.05, 4.69) is 10.2 Å². The number of aromatic nitrogens is 3. The predicted molar refractivity (Wildman–Crippen MR) is 69.6 cm³/mol. The standard InChI is InChI=1S/C12H9N5O4/c1-15-6-13-14-10(15)5-16-9-3-2-7(17(20)21)4-8(9)11(18)12(16)19/h2-4,6H,5H2,1H3. The molecular weight excluding hydrogens is 278 g/mol. The molecule has 0 spiro atoms. The number of fused-ring (bicyclic) bond motifs is 1. The second-order valence-electron chi connectivity index (χ2n) is 4.54.